The molecule has 3 atom stereocenters. The lowest BCUT2D eigenvalue weighted by Crippen LogP contribution is -2.16. The van der Waals surface area contributed by atoms with Crippen LogP contribution in [0.15, 0.2) is 59.2 Å². The molecule has 16 heteroatoms. The fourth-order valence-corrected chi connectivity index (χ4v) is 5.83. The van der Waals surface area contributed by atoms with Crippen LogP contribution in [-0.2, 0) is 27.8 Å². The summed E-state index contributed by atoms with van der Waals surface area (Å²) >= 11 is 0. The van der Waals surface area contributed by atoms with Crippen LogP contribution in [-0.4, -0.2) is 43.9 Å². The quantitative estimate of drug-likeness (QED) is 0.140. The molecule has 0 spiro atoms. The summed E-state index contributed by atoms with van der Waals surface area (Å²) in [4.78, 5) is 66.1. The number of nitrogens with zero attached hydrogens (tertiary/aromatic N) is 2. The van der Waals surface area contributed by atoms with E-state index in [0.717, 1.165) is 38.1 Å². The first-order chi connectivity index (χ1) is 18.1. The molecule has 0 radical (unpaired) electrons. The molecule has 0 amide bonds. The van der Waals surface area contributed by atoms with Crippen LogP contribution >= 0.6 is 15.2 Å². The van der Waals surface area contributed by atoms with Crippen molar-refractivity contribution < 1.29 is 47.4 Å². The Morgan fingerprint density at radius 3 is 1.62 bits per heavy atom. The maximum absolute atomic E-state index is 12.9. The summed E-state index contributed by atoms with van der Waals surface area (Å²) in [6.45, 7) is 2.24. The fraction of sp³-hybridized carbons (Fsp3) is 0.217. The number of ketones is 2. The molecule has 0 aliphatic carbocycles. The van der Waals surface area contributed by atoms with Gasteiger partial charge in [-0.25, -0.2) is 0 Å². The number of Topliss-reactive ketones (excluding diaryl/α,β-unsaturated/α-hetero) is 2. The lowest BCUT2D eigenvalue weighted by atomic mass is 10.1. The van der Waals surface area contributed by atoms with Gasteiger partial charge in [-0.3, -0.25) is 43.5 Å². The molecule has 0 saturated heterocycles. The SMILES string of the molecule is CC(=O)/C(=C/c1ccccc1[N+](=O)[O-])P(=O)(O)OCC(C)OP(=O)(O)/C(=C\c1ccccc1[N+](=O)[O-])C(C)=O. The molecule has 0 saturated carbocycles. The van der Waals surface area contributed by atoms with E-state index in [9.17, 15) is 48.7 Å². The highest BCUT2D eigenvalue weighted by molar-refractivity contribution is 7.59. The largest absolute Gasteiger partial charge is 0.362 e. The van der Waals surface area contributed by atoms with Gasteiger partial charge in [0.2, 0.25) is 0 Å². The molecule has 2 N–H and O–H groups in total. The molecular formula is C23H24N2O12P2. The average molecular weight is 582 g/mol. The number of rotatable bonds is 13. The third kappa shape index (κ3) is 8.42. The van der Waals surface area contributed by atoms with E-state index in [1.165, 1.54) is 43.3 Å². The van der Waals surface area contributed by atoms with Crippen LogP contribution in [0.3, 0.4) is 0 Å². The number of carbonyl (C=O) groups excluding carboxylic acids is 2. The molecule has 39 heavy (non-hydrogen) atoms. The minimum Gasteiger partial charge on any atom is -0.321 e. The third-order valence-corrected chi connectivity index (χ3v) is 8.24. The number of allylic oxidation sites excluding steroid dienone is 2. The van der Waals surface area contributed by atoms with Crippen LogP contribution in [0.1, 0.15) is 31.9 Å². The molecule has 0 aromatic heterocycles. The molecule has 208 valence electrons. The predicted molar refractivity (Wildman–Crippen MR) is 140 cm³/mol. The van der Waals surface area contributed by atoms with Crippen LogP contribution in [0.5, 0.6) is 0 Å². The summed E-state index contributed by atoms with van der Waals surface area (Å²) in [5.41, 5.74) is -1.14. The molecule has 0 heterocycles. The molecule has 2 aromatic carbocycles. The summed E-state index contributed by atoms with van der Waals surface area (Å²) in [7, 11) is -9.87. The zero-order valence-electron chi connectivity index (χ0n) is 20.8. The number of benzene rings is 2. The summed E-state index contributed by atoms with van der Waals surface area (Å²) in [6.07, 6.45) is 0.274. The Labute approximate surface area is 221 Å². The number of nitro groups is 2. The number of nitro benzene ring substituents is 2. The lowest BCUT2D eigenvalue weighted by molar-refractivity contribution is -0.385. The van der Waals surface area contributed by atoms with Gasteiger partial charge in [0.25, 0.3) is 11.4 Å². The Hall–Kier alpha value is -3.64. The van der Waals surface area contributed by atoms with Gasteiger partial charge in [-0.15, -0.1) is 0 Å². The fourth-order valence-electron chi connectivity index (χ4n) is 3.22. The molecular weight excluding hydrogens is 558 g/mol. The van der Waals surface area contributed by atoms with Crippen molar-refractivity contribution in [2.24, 2.45) is 0 Å². The van der Waals surface area contributed by atoms with E-state index in [0.29, 0.717) is 0 Å². The lowest BCUT2D eigenvalue weighted by Gasteiger charge is -2.21. The van der Waals surface area contributed by atoms with Crippen LogP contribution in [0.4, 0.5) is 11.4 Å². The summed E-state index contributed by atoms with van der Waals surface area (Å²) in [5.74, 6) is -1.85. The normalized spacial score (nSPS) is 16.0. The second kappa shape index (κ2) is 12.9. The minimum absolute atomic E-state index is 0.138. The Balaban J connectivity index is 2.29. The number of carbonyl (C=O) groups is 2. The Kier molecular flexibility index (Phi) is 10.5. The van der Waals surface area contributed by atoms with Crippen molar-refractivity contribution in [2.75, 3.05) is 6.61 Å². The molecule has 2 rings (SSSR count). The van der Waals surface area contributed by atoms with E-state index >= 15 is 0 Å². The summed E-state index contributed by atoms with van der Waals surface area (Å²) in [6, 6.07) is 10.3. The number of hydrogen-bond donors (Lipinski definition) is 2. The van der Waals surface area contributed by atoms with Gasteiger partial charge in [-0.1, -0.05) is 24.3 Å². The second-order valence-electron chi connectivity index (χ2n) is 8.06. The van der Waals surface area contributed by atoms with E-state index in [-0.39, 0.29) is 11.1 Å². The van der Waals surface area contributed by atoms with Crippen molar-refractivity contribution in [2.45, 2.75) is 26.9 Å². The topological polar surface area (TPSA) is 213 Å². The van der Waals surface area contributed by atoms with Crippen molar-refractivity contribution in [3.05, 3.63) is 90.5 Å². The first-order valence-electron chi connectivity index (χ1n) is 11.0. The Bertz CT molecular complexity index is 1470. The average Bonchev–Trinajstić information content (AvgIpc) is 2.84. The van der Waals surface area contributed by atoms with Crippen molar-refractivity contribution in [1.82, 2.24) is 0 Å². The molecule has 2 aromatic rings. The van der Waals surface area contributed by atoms with E-state index < -0.39 is 71.3 Å². The zero-order chi connectivity index (χ0) is 29.5. The van der Waals surface area contributed by atoms with Gasteiger partial charge in [0.05, 0.1) is 33.7 Å². The molecule has 0 bridgehead atoms. The van der Waals surface area contributed by atoms with Crippen molar-refractivity contribution in [3.63, 3.8) is 0 Å². The van der Waals surface area contributed by atoms with Crippen LogP contribution in [0.25, 0.3) is 12.2 Å². The highest BCUT2D eigenvalue weighted by Crippen LogP contribution is 2.55. The number of para-hydroxylation sites is 2. The van der Waals surface area contributed by atoms with E-state index in [4.69, 9.17) is 9.05 Å². The molecule has 14 nitrogen and oxygen atoms in total. The zero-order valence-corrected chi connectivity index (χ0v) is 22.6. The first-order valence-corrected chi connectivity index (χ1v) is 14.1. The molecule has 0 aliphatic heterocycles. The number of hydrogen-bond acceptors (Lipinski definition) is 10. The van der Waals surface area contributed by atoms with Crippen LogP contribution in [0.2, 0.25) is 0 Å². The third-order valence-electron chi connectivity index (χ3n) is 4.99. The van der Waals surface area contributed by atoms with Crippen LogP contribution in [0, 0.1) is 20.2 Å². The standard InChI is InChI=1S/C23H24N2O12P2/c1-15(37-39(34,35)23(17(3)27)13-19-9-5-7-11-21(19)25(30)31)14-36-38(32,33)22(16(2)26)12-18-8-4-6-10-20(18)24(28)29/h4-13,15H,14H2,1-3H3,(H,32,33)(H,34,35)/b22-12-,23-13-. The van der Waals surface area contributed by atoms with E-state index in [2.05, 4.69) is 0 Å². The smallest absolute Gasteiger partial charge is 0.321 e. The monoisotopic (exact) mass is 582 g/mol. The van der Waals surface area contributed by atoms with Crippen molar-refractivity contribution in [1.29, 1.82) is 0 Å². The van der Waals surface area contributed by atoms with E-state index in [1.807, 2.05) is 0 Å². The highest BCUT2D eigenvalue weighted by atomic mass is 31.2. The van der Waals surface area contributed by atoms with E-state index in [1.54, 1.807) is 0 Å². The van der Waals surface area contributed by atoms with Crippen molar-refractivity contribution in [3.8, 4) is 0 Å². The second-order valence-corrected chi connectivity index (χ2v) is 11.6. The molecule has 0 fully saturated rings. The Morgan fingerprint density at radius 2 is 1.23 bits per heavy atom. The summed E-state index contributed by atoms with van der Waals surface area (Å²) in [5, 5.41) is 20.9. The maximum atomic E-state index is 12.9. The Morgan fingerprint density at radius 1 is 0.846 bits per heavy atom. The van der Waals surface area contributed by atoms with Gasteiger partial charge in [0, 0.05) is 12.1 Å². The van der Waals surface area contributed by atoms with Gasteiger partial charge in [0.15, 0.2) is 11.6 Å². The summed E-state index contributed by atoms with van der Waals surface area (Å²) < 4.78 is 35.8. The van der Waals surface area contributed by atoms with Gasteiger partial charge in [-0.05, 0) is 45.1 Å². The first kappa shape index (κ1) is 31.6. The molecule has 0 aliphatic rings. The van der Waals surface area contributed by atoms with Crippen molar-refractivity contribution >= 4 is 50.3 Å². The minimum atomic E-state index is -4.95. The van der Waals surface area contributed by atoms with Gasteiger partial charge < -0.3 is 14.3 Å². The molecule has 3 unspecified atom stereocenters. The van der Waals surface area contributed by atoms with Gasteiger partial charge >= 0.3 is 15.2 Å². The van der Waals surface area contributed by atoms with Gasteiger partial charge in [-0.2, -0.15) is 0 Å². The maximum Gasteiger partial charge on any atom is 0.362 e. The predicted octanol–water partition coefficient (Wildman–Crippen LogP) is 4.86. The highest BCUT2D eigenvalue weighted by Gasteiger charge is 2.35. The van der Waals surface area contributed by atoms with Crippen LogP contribution < -0.4 is 0 Å². The van der Waals surface area contributed by atoms with Gasteiger partial charge in [0.1, 0.15) is 10.6 Å².